The van der Waals surface area contributed by atoms with Crippen LogP contribution in [0.1, 0.15) is 45.1 Å². The molecular formula is C17H27N3O3S. The second-order valence-electron chi connectivity index (χ2n) is 6.86. The van der Waals surface area contributed by atoms with Gasteiger partial charge >= 0.3 is 6.03 Å². The predicted molar refractivity (Wildman–Crippen MR) is 94.1 cm³/mol. The maximum atomic E-state index is 12.3. The molecule has 1 saturated carbocycles. The van der Waals surface area contributed by atoms with E-state index < -0.39 is 16.1 Å². The fraction of sp³-hybridized carbons (Fsp3) is 0.588. The van der Waals surface area contributed by atoms with Crippen molar-refractivity contribution >= 4 is 16.1 Å². The second kappa shape index (κ2) is 7.98. The Morgan fingerprint density at radius 3 is 2.33 bits per heavy atom. The summed E-state index contributed by atoms with van der Waals surface area (Å²) in [5, 5.41) is 2.76. The second-order valence-corrected chi connectivity index (χ2v) is 8.54. The smallest absolute Gasteiger partial charge is 0.328 e. The van der Waals surface area contributed by atoms with Crippen LogP contribution in [0.2, 0.25) is 0 Å². The van der Waals surface area contributed by atoms with E-state index in [2.05, 4.69) is 17.0 Å². The normalized spacial score (nSPS) is 22.6. The molecule has 0 heterocycles. The molecule has 2 rings (SSSR count). The van der Waals surface area contributed by atoms with Crippen molar-refractivity contribution in [2.45, 2.75) is 62.9 Å². The summed E-state index contributed by atoms with van der Waals surface area (Å²) in [6.07, 6.45) is 4.56. The molecular weight excluding hydrogens is 326 g/mol. The summed E-state index contributed by atoms with van der Waals surface area (Å²) in [6.45, 7) is 4.08. The molecule has 2 amide bonds. The number of benzene rings is 1. The fourth-order valence-electron chi connectivity index (χ4n) is 2.98. The van der Waals surface area contributed by atoms with E-state index in [-0.39, 0.29) is 17.0 Å². The van der Waals surface area contributed by atoms with Crippen LogP contribution in [0.5, 0.6) is 0 Å². The summed E-state index contributed by atoms with van der Waals surface area (Å²) >= 11 is 0. The third-order valence-corrected chi connectivity index (χ3v) is 5.72. The van der Waals surface area contributed by atoms with E-state index in [4.69, 9.17) is 5.73 Å². The quantitative estimate of drug-likeness (QED) is 0.755. The minimum atomic E-state index is -3.86. The number of nitrogens with one attached hydrogen (secondary N) is 2. The molecule has 24 heavy (non-hydrogen) atoms. The van der Waals surface area contributed by atoms with Gasteiger partial charge in [-0.25, -0.2) is 17.9 Å². The lowest BCUT2D eigenvalue weighted by Gasteiger charge is -2.26. The molecule has 7 heteroatoms. The monoisotopic (exact) mass is 353 g/mol. The molecule has 1 atom stereocenters. The number of hydrogen-bond donors (Lipinski definition) is 3. The van der Waals surface area contributed by atoms with E-state index in [1.165, 1.54) is 12.1 Å². The highest BCUT2D eigenvalue weighted by molar-refractivity contribution is 7.90. The van der Waals surface area contributed by atoms with E-state index in [0.717, 1.165) is 31.2 Å². The molecule has 0 aromatic heterocycles. The Hall–Kier alpha value is -1.60. The molecule has 0 saturated heterocycles. The van der Waals surface area contributed by atoms with Crippen molar-refractivity contribution in [1.29, 1.82) is 0 Å². The highest BCUT2D eigenvalue weighted by atomic mass is 32.2. The van der Waals surface area contributed by atoms with Crippen LogP contribution in [0.25, 0.3) is 0 Å². The number of carbonyl (C=O) groups is 1. The lowest BCUT2D eigenvalue weighted by Crippen LogP contribution is -2.45. The van der Waals surface area contributed by atoms with E-state index in [0.29, 0.717) is 12.3 Å². The molecule has 1 fully saturated rings. The Morgan fingerprint density at radius 1 is 1.21 bits per heavy atom. The lowest BCUT2D eigenvalue weighted by atomic mass is 9.87. The first kappa shape index (κ1) is 18.7. The largest absolute Gasteiger partial charge is 0.335 e. The predicted octanol–water partition coefficient (Wildman–Crippen LogP) is 2.14. The molecule has 0 aliphatic heterocycles. The SMILES string of the molecule is CC(N)Cc1ccc(S(=O)(=O)NC(=O)NC2CCC(C)CC2)cc1. The molecule has 134 valence electrons. The van der Waals surface area contributed by atoms with Gasteiger partial charge < -0.3 is 11.1 Å². The lowest BCUT2D eigenvalue weighted by molar-refractivity contribution is 0.233. The van der Waals surface area contributed by atoms with E-state index in [9.17, 15) is 13.2 Å². The van der Waals surface area contributed by atoms with E-state index in [1.54, 1.807) is 12.1 Å². The van der Waals surface area contributed by atoms with Gasteiger partial charge in [0.2, 0.25) is 0 Å². The summed E-state index contributed by atoms with van der Waals surface area (Å²) in [6, 6.07) is 5.83. The molecule has 4 N–H and O–H groups in total. The van der Waals surface area contributed by atoms with Crippen LogP contribution in [0.3, 0.4) is 0 Å². The van der Waals surface area contributed by atoms with Gasteiger partial charge in [0.25, 0.3) is 10.0 Å². The van der Waals surface area contributed by atoms with Crippen LogP contribution >= 0.6 is 0 Å². The average molecular weight is 353 g/mol. The van der Waals surface area contributed by atoms with Crippen LogP contribution in [0.4, 0.5) is 4.79 Å². The van der Waals surface area contributed by atoms with Crippen molar-refractivity contribution in [2.24, 2.45) is 11.7 Å². The zero-order valence-electron chi connectivity index (χ0n) is 14.3. The van der Waals surface area contributed by atoms with Gasteiger partial charge in [-0.05, 0) is 62.6 Å². The number of carbonyl (C=O) groups excluding carboxylic acids is 1. The molecule has 1 aromatic carbocycles. The topological polar surface area (TPSA) is 101 Å². The van der Waals surface area contributed by atoms with E-state index in [1.807, 2.05) is 6.92 Å². The van der Waals surface area contributed by atoms with Crippen molar-refractivity contribution in [3.8, 4) is 0 Å². The Morgan fingerprint density at radius 2 is 1.79 bits per heavy atom. The molecule has 0 spiro atoms. The third-order valence-electron chi connectivity index (χ3n) is 4.37. The zero-order valence-corrected chi connectivity index (χ0v) is 15.1. The van der Waals surface area contributed by atoms with Gasteiger partial charge in [-0.15, -0.1) is 0 Å². The first-order chi connectivity index (χ1) is 11.3. The number of hydrogen-bond acceptors (Lipinski definition) is 4. The minimum absolute atomic E-state index is 0.00886. The van der Waals surface area contributed by atoms with Crippen molar-refractivity contribution in [3.63, 3.8) is 0 Å². The van der Waals surface area contributed by atoms with Crippen LogP contribution in [0, 0.1) is 5.92 Å². The van der Waals surface area contributed by atoms with Crippen LogP contribution in [-0.4, -0.2) is 26.5 Å². The maximum absolute atomic E-state index is 12.3. The number of nitrogens with two attached hydrogens (primary N) is 1. The zero-order chi connectivity index (χ0) is 17.7. The summed E-state index contributed by atoms with van der Waals surface area (Å²) < 4.78 is 26.6. The van der Waals surface area contributed by atoms with Crippen molar-refractivity contribution in [2.75, 3.05) is 0 Å². The van der Waals surface area contributed by atoms with Crippen LogP contribution in [-0.2, 0) is 16.4 Å². The Labute approximate surface area is 144 Å². The number of amides is 2. The van der Waals surface area contributed by atoms with Gasteiger partial charge in [0.15, 0.2) is 0 Å². The fourth-order valence-corrected chi connectivity index (χ4v) is 3.89. The Bertz CT molecular complexity index is 648. The Kier molecular flexibility index (Phi) is 6.23. The highest BCUT2D eigenvalue weighted by Crippen LogP contribution is 2.23. The van der Waals surface area contributed by atoms with Gasteiger partial charge in [-0.3, -0.25) is 0 Å². The van der Waals surface area contributed by atoms with Crippen molar-refractivity contribution in [1.82, 2.24) is 10.0 Å². The van der Waals surface area contributed by atoms with Crippen molar-refractivity contribution in [3.05, 3.63) is 29.8 Å². The van der Waals surface area contributed by atoms with Gasteiger partial charge in [-0.2, -0.15) is 0 Å². The minimum Gasteiger partial charge on any atom is -0.335 e. The standard InChI is InChI=1S/C17H27N3O3S/c1-12-3-7-15(8-4-12)19-17(21)20-24(22,23)16-9-5-14(6-10-16)11-13(2)18/h5-6,9-10,12-13,15H,3-4,7-8,11,18H2,1-2H3,(H2,19,20,21). The van der Waals surface area contributed by atoms with Gasteiger partial charge in [0.1, 0.15) is 0 Å². The highest BCUT2D eigenvalue weighted by Gasteiger charge is 2.22. The third kappa shape index (κ3) is 5.49. The Balaban J connectivity index is 1.93. The molecule has 0 bridgehead atoms. The number of urea groups is 1. The molecule has 1 aliphatic carbocycles. The number of rotatable bonds is 5. The molecule has 6 nitrogen and oxygen atoms in total. The maximum Gasteiger partial charge on any atom is 0.328 e. The van der Waals surface area contributed by atoms with Gasteiger partial charge in [0, 0.05) is 12.1 Å². The first-order valence-electron chi connectivity index (χ1n) is 8.44. The van der Waals surface area contributed by atoms with Crippen LogP contribution < -0.4 is 15.8 Å². The summed E-state index contributed by atoms with van der Waals surface area (Å²) in [5.41, 5.74) is 6.69. The molecule has 1 aromatic rings. The average Bonchev–Trinajstić information content (AvgIpc) is 2.49. The first-order valence-corrected chi connectivity index (χ1v) is 9.92. The molecule has 0 radical (unpaired) electrons. The molecule has 1 unspecified atom stereocenters. The molecule has 1 aliphatic rings. The summed E-state index contributed by atoms with van der Waals surface area (Å²) in [4.78, 5) is 12.0. The summed E-state index contributed by atoms with van der Waals surface area (Å²) in [5.74, 6) is 0.671. The van der Waals surface area contributed by atoms with E-state index >= 15 is 0 Å². The number of sulfonamides is 1. The summed E-state index contributed by atoms with van der Waals surface area (Å²) in [7, 11) is -3.86. The van der Waals surface area contributed by atoms with Gasteiger partial charge in [-0.1, -0.05) is 19.1 Å². The van der Waals surface area contributed by atoms with Crippen molar-refractivity contribution < 1.29 is 13.2 Å². The van der Waals surface area contributed by atoms with Gasteiger partial charge in [0.05, 0.1) is 4.90 Å². The van der Waals surface area contributed by atoms with Crippen LogP contribution in [0.15, 0.2) is 29.2 Å².